The summed E-state index contributed by atoms with van der Waals surface area (Å²) < 4.78 is 14.7. The Balaban J connectivity index is 2.53. The van der Waals surface area contributed by atoms with Crippen LogP contribution in [0.2, 0.25) is 0 Å². The topological polar surface area (TPSA) is 85.3 Å². The summed E-state index contributed by atoms with van der Waals surface area (Å²) in [5.74, 6) is -0.471. The highest BCUT2D eigenvalue weighted by Crippen LogP contribution is 2.36. The minimum absolute atomic E-state index is 0.152. The lowest BCUT2D eigenvalue weighted by Crippen LogP contribution is -2.30. The second kappa shape index (κ2) is 7.85. The van der Waals surface area contributed by atoms with Gasteiger partial charge in [-0.25, -0.2) is 9.59 Å². The molecule has 0 atom stereocenters. The number of aliphatic hydroxyl groups is 1. The average molecular weight is 347 g/mol. The molecule has 0 unspecified atom stereocenters. The van der Waals surface area contributed by atoms with E-state index >= 15 is 0 Å². The largest absolute Gasteiger partial charge is 0.468 e. The number of benzene rings is 1. The molecule has 1 aromatic rings. The molecule has 1 aliphatic heterocycles. The Hall–Kier alpha value is -2.80. The van der Waals surface area contributed by atoms with Crippen molar-refractivity contribution in [2.45, 2.75) is 20.3 Å². The fraction of sp³-hybridized carbons (Fsp3) is 0.333. The van der Waals surface area contributed by atoms with Gasteiger partial charge in [-0.05, 0) is 38.1 Å². The Bertz CT molecular complexity index is 694. The number of carbonyl (C=O) groups is 2. The number of ether oxygens (including phenoxy) is 3. The molecule has 2 rings (SSSR count). The van der Waals surface area contributed by atoms with Crippen molar-refractivity contribution in [1.29, 1.82) is 0 Å². The molecule has 1 aliphatic rings. The number of esters is 2. The zero-order valence-electron chi connectivity index (χ0n) is 14.7. The summed E-state index contributed by atoms with van der Waals surface area (Å²) in [7, 11) is 2.61. The summed E-state index contributed by atoms with van der Waals surface area (Å²) in [6.45, 7) is 3.17. The SMILES string of the molecule is COC(=O)C1=C(C)N(c2ccc(OCO)cc2)C(C)=C(C(=O)OC)C1. The van der Waals surface area contributed by atoms with Gasteiger partial charge in [-0.15, -0.1) is 0 Å². The van der Waals surface area contributed by atoms with Crippen LogP contribution in [-0.4, -0.2) is 38.1 Å². The maximum atomic E-state index is 12.1. The lowest BCUT2D eigenvalue weighted by atomic mass is 9.96. The van der Waals surface area contributed by atoms with Crippen molar-refractivity contribution in [2.24, 2.45) is 0 Å². The van der Waals surface area contributed by atoms with Gasteiger partial charge in [-0.2, -0.15) is 0 Å². The number of carbonyl (C=O) groups excluding carboxylic acids is 2. The van der Waals surface area contributed by atoms with Gasteiger partial charge in [0.15, 0.2) is 6.79 Å². The van der Waals surface area contributed by atoms with Crippen LogP contribution in [0.25, 0.3) is 0 Å². The Morgan fingerprint density at radius 3 is 1.88 bits per heavy atom. The van der Waals surface area contributed by atoms with Gasteiger partial charge in [0.05, 0.1) is 25.4 Å². The Morgan fingerprint density at radius 1 is 1.00 bits per heavy atom. The van der Waals surface area contributed by atoms with Crippen LogP contribution in [0.3, 0.4) is 0 Å². The molecular formula is C18H21NO6. The minimum Gasteiger partial charge on any atom is -0.468 e. The maximum Gasteiger partial charge on any atom is 0.335 e. The summed E-state index contributed by atoms with van der Waals surface area (Å²) >= 11 is 0. The zero-order chi connectivity index (χ0) is 18.6. The Kier molecular flexibility index (Phi) is 5.82. The first-order valence-electron chi connectivity index (χ1n) is 7.64. The monoisotopic (exact) mass is 347 g/mol. The molecule has 0 amide bonds. The molecule has 0 radical (unpaired) electrons. The molecule has 0 aromatic heterocycles. The molecule has 1 N–H and O–H groups in total. The molecule has 0 saturated carbocycles. The summed E-state index contributed by atoms with van der Waals surface area (Å²) in [4.78, 5) is 26.1. The molecule has 0 saturated heterocycles. The van der Waals surface area contributed by atoms with Gasteiger partial charge in [0.1, 0.15) is 5.75 Å². The van der Waals surface area contributed by atoms with Gasteiger partial charge in [0, 0.05) is 23.5 Å². The van der Waals surface area contributed by atoms with Gasteiger partial charge in [-0.1, -0.05) is 0 Å². The fourth-order valence-corrected chi connectivity index (χ4v) is 2.79. The number of nitrogens with zero attached hydrogens (tertiary/aromatic N) is 1. The lowest BCUT2D eigenvalue weighted by molar-refractivity contribution is -0.136. The highest BCUT2D eigenvalue weighted by atomic mass is 16.6. The van der Waals surface area contributed by atoms with Crippen LogP contribution >= 0.6 is 0 Å². The number of allylic oxidation sites excluding steroid dienone is 2. The molecular weight excluding hydrogens is 326 g/mol. The van der Waals surface area contributed by atoms with Gasteiger partial charge in [0.2, 0.25) is 0 Å². The quantitative estimate of drug-likeness (QED) is 0.645. The van der Waals surface area contributed by atoms with Gasteiger partial charge in [-0.3, -0.25) is 0 Å². The van der Waals surface area contributed by atoms with E-state index in [1.165, 1.54) is 14.2 Å². The summed E-state index contributed by atoms with van der Waals surface area (Å²) in [5.41, 5.74) is 2.87. The third-order valence-corrected chi connectivity index (χ3v) is 4.09. The van der Waals surface area contributed by atoms with Crippen LogP contribution in [0.15, 0.2) is 46.8 Å². The van der Waals surface area contributed by atoms with E-state index in [1.54, 1.807) is 43.0 Å². The predicted octanol–water partition coefficient (Wildman–Crippen LogP) is 2.12. The van der Waals surface area contributed by atoms with E-state index in [4.69, 9.17) is 19.3 Å². The van der Waals surface area contributed by atoms with Gasteiger partial charge >= 0.3 is 11.9 Å². The third-order valence-electron chi connectivity index (χ3n) is 4.09. The molecule has 7 heteroatoms. The second-order valence-corrected chi connectivity index (χ2v) is 5.39. The van der Waals surface area contributed by atoms with Crippen LogP contribution in [0.1, 0.15) is 20.3 Å². The van der Waals surface area contributed by atoms with Crippen molar-refractivity contribution in [2.75, 3.05) is 25.9 Å². The van der Waals surface area contributed by atoms with Crippen molar-refractivity contribution in [3.05, 3.63) is 46.8 Å². The molecule has 7 nitrogen and oxygen atoms in total. The van der Waals surface area contributed by atoms with Crippen molar-refractivity contribution in [3.8, 4) is 5.75 Å². The van der Waals surface area contributed by atoms with E-state index in [1.807, 2.05) is 0 Å². The normalized spacial score (nSPS) is 14.5. The highest BCUT2D eigenvalue weighted by Gasteiger charge is 2.31. The first-order chi connectivity index (χ1) is 11.9. The second-order valence-electron chi connectivity index (χ2n) is 5.39. The molecule has 0 spiro atoms. The molecule has 0 bridgehead atoms. The van der Waals surface area contributed by atoms with Crippen molar-refractivity contribution >= 4 is 17.6 Å². The first kappa shape index (κ1) is 18.5. The summed E-state index contributed by atoms with van der Waals surface area (Å²) in [5, 5.41) is 8.82. The predicted molar refractivity (Wildman–Crippen MR) is 90.7 cm³/mol. The molecule has 0 aliphatic carbocycles. The summed E-state index contributed by atoms with van der Waals surface area (Å²) in [6.07, 6.45) is 0.152. The van der Waals surface area contributed by atoms with E-state index in [9.17, 15) is 9.59 Å². The highest BCUT2D eigenvalue weighted by molar-refractivity contribution is 5.98. The Labute approximate surface area is 146 Å². The van der Waals surface area contributed by atoms with Crippen LogP contribution in [0, 0.1) is 0 Å². The summed E-state index contributed by atoms with van der Waals surface area (Å²) in [6, 6.07) is 6.92. The standard InChI is InChI=1S/C18H21NO6/c1-11-15(17(21)23-3)9-16(18(22)24-4)12(2)19(11)13-5-7-14(8-6-13)25-10-20/h5-8,20H,9-10H2,1-4H3. The third kappa shape index (κ3) is 3.66. The molecule has 0 fully saturated rings. The number of rotatable bonds is 5. The lowest BCUT2D eigenvalue weighted by Gasteiger charge is -2.33. The smallest absolute Gasteiger partial charge is 0.335 e. The minimum atomic E-state index is -0.489. The van der Waals surface area contributed by atoms with Crippen LogP contribution in [0.4, 0.5) is 5.69 Å². The van der Waals surface area contributed by atoms with Gasteiger partial charge < -0.3 is 24.2 Å². The molecule has 25 heavy (non-hydrogen) atoms. The number of hydrogen-bond donors (Lipinski definition) is 1. The number of anilines is 1. The van der Waals surface area contributed by atoms with Gasteiger partial charge in [0.25, 0.3) is 0 Å². The van der Waals surface area contributed by atoms with Crippen LogP contribution in [0.5, 0.6) is 5.75 Å². The Morgan fingerprint density at radius 2 is 1.48 bits per heavy atom. The number of hydrogen-bond acceptors (Lipinski definition) is 7. The zero-order valence-corrected chi connectivity index (χ0v) is 14.7. The van der Waals surface area contributed by atoms with Crippen molar-refractivity contribution in [1.82, 2.24) is 0 Å². The average Bonchev–Trinajstić information content (AvgIpc) is 2.62. The number of aliphatic hydroxyl groups excluding tert-OH is 1. The molecule has 134 valence electrons. The van der Waals surface area contributed by atoms with Crippen LogP contribution in [-0.2, 0) is 19.1 Å². The molecule has 1 heterocycles. The van der Waals surface area contributed by atoms with Crippen molar-refractivity contribution < 1.29 is 28.9 Å². The van der Waals surface area contributed by atoms with E-state index in [0.717, 1.165) is 5.69 Å². The van der Waals surface area contributed by atoms with E-state index in [2.05, 4.69) is 0 Å². The van der Waals surface area contributed by atoms with E-state index in [0.29, 0.717) is 28.3 Å². The molecule has 1 aromatic carbocycles. The maximum absolute atomic E-state index is 12.1. The van der Waals surface area contributed by atoms with Crippen molar-refractivity contribution in [3.63, 3.8) is 0 Å². The number of methoxy groups -OCH3 is 2. The fourth-order valence-electron chi connectivity index (χ4n) is 2.79. The van der Waals surface area contributed by atoms with Crippen LogP contribution < -0.4 is 9.64 Å². The van der Waals surface area contributed by atoms with E-state index in [-0.39, 0.29) is 6.42 Å². The first-order valence-corrected chi connectivity index (χ1v) is 7.64. The van der Waals surface area contributed by atoms with E-state index < -0.39 is 18.7 Å².